The van der Waals surface area contributed by atoms with Gasteiger partial charge in [-0.3, -0.25) is 4.90 Å². The van der Waals surface area contributed by atoms with Crippen molar-refractivity contribution in [2.75, 3.05) is 26.7 Å². The molecular formula is C18H19FN4OS. The summed E-state index contributed by atoms with van der Waals surface area (Å²) in [4.78, 5) is 8.86. The van der Waals surface area contributed by atoms with Gasteiger partial charge < -0.3 is 9.84 Å². The average Bonchev–Trinajstić information content (AvgIpc) is 3.23. The summed E-state index contributed by atoms with van der Waals surface area (Å²) in [6.45, 7) is 4.79. The fourth-order valence-corrected chi connectivity index (χ4v) is 4.14. The minimum atomic E-state index is -0.232. The molecule has 5 nitrogen and oxygen atoms in total. The molecule has 1 N–H and O–H groups in total. The molecule has 1 aromatic carbocycles. The first-order valence-electron chi connectivity index (χ1n) is 8.23. The lowest BCUT2D eigenvalue weighted by Gasteiger charge is -2.30. The van der Waals surface area contributed by atoms with E-state index in [4.69, 9.17) is 4.52 Å². The largest absolute Gasteiger partial charge is 0.333 e. The number of hydrogen-bond donors (Lipinski definition) is 1. The standard InChI is InChI=1S/C18H19FN4OS/c1-11-9-15(25-16(11)12-3-5-13(19)6-4-12)18-21-17(22-24-18)14-10-20-7-8-23(14)2/h3-6,9,14,20H,7-8,10H2,1-2H3. The molecule has 2 aromatic heterocycles. The minimum absolute atomic E-state index is 0.129. The lowest BCUT2D eigenvalue weighted by Crippen LogP contribution is -2.44. The van der Waals surface area contributed by atoms with E-state index < -0.39 is 0 Å². The molecule has 3 heterocycles. The molecule has 0 aliphatic carbocycles. The third kappa shape index (κ3) is 3.22. The van der Waals surface area contributed by atoms with E-state index >= 15 is 0 Å². The maximum absolute atomic E-state index is 13.1. The summed E-state index contributed by atoms with van der Waals surface area (Å²) >= 11 is 1.58. The summed E-state index contributed by atoms with van der Waals surface area (Å²) in [5.41, 5.74) is 2.11. The number of benzene rings is 1. The SMILES string of the molecule is Cc1cc(-c2nc(C3CNCCN3C)no2)sc1-c1ccc(F)cc1. The van der Waals surface area contributed by atoms with Crippen molar-refractivity contribution in [3.05, 3.63) is 47.5 Å². The van der Waals surface area contributed by atoms with E-state index in [1.165, 1.54) is 12.1 Å². The molecular weight excluding hydrogens is 339 g/mol. The number of rotatable bonds is 3. The molecule has 0 spiro atoms. The Hall–Kier alpha value is -2.09. The Morgan fingerprint density at radius 1 is 1.32 bits per heavy atom. The first-order chi connectivity index (χ1) is 12.1. The second kappa shape index (κ2) is 6.67. The number of likely N-dealkylation sites (N-methyl/N-ethyl adjacent to an activating group) is 1. The topological polar surface area (TPSA) is 54.2 Å². The van der Waals surface area contributed by atoms with Crippen molar-refractivity contribution >= 4 is 11.3 Å². The predicted molar refractivity (Wildman–Crippen MR) is 96.0 cm³/mol. The van der Waals surface area contributed by atoms with Crippen LogP contribution in [0.3, 0.4) is 0 Å². The van der Waals surface area contributed by atoms with Gasteiger partial charge in [0.1, 0.15) is 5.82 Å². The van der Waals surface area contributed by atoms with Gasteiger partial charge in [-0.25, -0.2) is 4.39 Å². The van der Waals surface area contributed by atoms with Gasteiger partial charge in [-0.1, -0.05) is 17.3 Å². The Balaban J connectivity index is 1.63. The van der Waals surface area contributed by atoms with E-state index in [1.54, 1.807) is 23.5 Å². The van der Waals surface area contributed by atoms with Crippen molar-refractivity contribution in [3.8, 4) is 21.2 Å². The zero-order chi connectivity index (χ0) is 17.4. The van der Waals surface area contributed by atoms with Gasteiger partial charge >= 0.3 is 0 Å². The van der Waals surface area contributed by atoms with Crippen LogP contribution in [0, 0.1) is 12.7 Å². The number of nitrogens with one attached hydrogen (secondary N) is 1. The van der Waals surface area contributed by atoms with Crippen molar-refractivity contribution in [2.45, 2.75) is 13.0 Å². The van der Waals surface area contributed by atoms with Crippen molar-refractivity contribution in [3.63, 3.8) is 0 Å². The van der Waals surface area contributed by atoms with E-state index in [0.717, 1.165) is 40.5 Å². The fourth-order valence-electron chi connectivity index (χ4n) is 3.04. The molecule has 4 rings (SSSR count). The molecule has 130 valence electrons. The lowest BCUT2D eigenvalue weighted by molar-refractivity contribution is 0.190. The first kappa shape index (κ1) is 16.4. The van der Waals surface area contributed by atoms with E-state index in [9.17, 15) is 4.39 Å². The molecule has 25 heavy (non-hydrogen) atoms. The maximum atomic E-state index is 13.1. The second-order valence-electron chi connectivity index (χ2n) is 6.29. The Morgan fingerprint density at radius 3 is 2.88 bits per heavy atom. The molecule has 1 unspecified atom stereocenters. The van der Waals surface area contributed by atoms with Gasteiger partial charge in [-0.2, -0.15) is 4.98 Å². The molecule has 1 aliphatic rings. The van der Waals surface area contributed by atoms with Crippen LogP contribution in [-0.2, 0) is 0 Å². The monoisotopic (exact) mass is 358 g/mol. The lowest BCUT2D eigenvalue weighted by atomic mass is 10.1. The van der Waals surface area contributed by atoms with Crippen LogP contribution in [0.25, 0.3) is 21.2 Å². The third-order valence-corrected chi connectivity index (χ3v) is 5.76. The van der Waals surface area contributed by atoms with Crippen LogP contribution in [0.2, 0.25) is 0 Å². The number of aryl methyl sites for hydroxylation is 1. The summed E-state index contributed by atoms with van der Waals surface area (Å²) in [7, 11) is 2.07. The summed E-state index contributed by atoms with van der Waals surface area (Å²) in [5, 5.41) is 7.54. The molecule has 0 radical (unpaired) electrons. The number of nitrogens with zero attached hydrogens (tertiary/aromatic N) is 3. The van der Waals surface area contributed by atoms with Crippen LogP contribution in [0.5, 0.6) is 0 Å². The molecule has 1 saturated heterocycles. The van der Waals surface area contributed by atoms with E-state index in [-0.39, 0.29) is 11.9 Å². The molecule has 0 bridgehead atoms. The van der Waals surface area contributed by atoms with Crippen molar-refractivity contribution in [1.29, 1.82) is 0 Å². The van der Waals surface area contributed by atoms with Gasteiger partial charge in [0.15, 0.2) is 5.82 Å². The maximum Gasteiger partial charge on any atom is 0.268 e. The minimum Gasteiger partial charge on any atom is -0.333 e. The zero-order valence-corrected chi connectivity index (χ0v) is 14.9. The number of thiophene rings is 1. The number of aromatic nitrogens is 2. The van der Waals surface area contributed by atoms with E-state index in [1.807, 2.05) is 13.0 Å². The Labute approximate surface area is 149 Å². The van der Waals surface area contributed by atoms with Crippen molar-refractivity contribution in [1.82, 2.24) is 20.4 Å². The Morgan fingerprint density at radius 2 is 2.12 bits per heavy atom. The van der Waals surface area contributed by atoms with Gasteiger partial charge in [0.2, 0.25) is 0 Å². The molecule has 1 fully saturated rings. The molecule has 3 aromatic rings. The summed E-state index contributed by atoms with van der Waals surface area (Å²) in [6.07, 6.45) is 0. The third-order valence-electron chi connectivity index (χ3n) is 4.49. The average molecular weight is 358 g/mol. The van der Waals surface area contributed by atoms with Gasteiger partial charge in [0, 0.05) is 24.5 Å². The first-order valence-corrected chi connectivity index (χ1v) is 9.05. The van der Waals surface area contributed by atoms with Crippen LogP contribution in [0.1, 0.15) is 17.4 Å². The van der Waals surface area contributed by atoms with Gasteiger partial charge in [-0.05, 0) is 43.3 Å². The molecule has 0 amide bonds. The second-order valence-corrected chi connectivity index (χ2v) is 7.34. The highest BCUT2D eigenvalue weighted by Gasteiger charge is 2.26. The summed E-state index contributed by atoms with van der Waals surface area (Å²) < 4.78 is 18.7. The van der Waals surface area contributed by atoms with Gasteiger partial charge in [-0.15, -0.1) is 11.3 Å². The zero-order valence-electron chi connectivity index (χ0n) is 14.1. The van der Waals surface area contributed by atoms with E-state index in [2.05, 4.69) is 27.4 Å². The van der Waals surface area contributed by atoms with Gasteiger partial charge in [0.25, 0.3) is 5.89 Å². The Kier molecular flexibility index (Phi) is 4.37. The smallest absolute Gasteiger partial charge is 0.268 e. The number of halogens is 1. The Bertz CT molecular complexity index is 874. The quantitative estimate of drug-likeness (QED) is 0.777. The van der Waals surface area contributed by atoms with Crippen LogP contribution in [0.4, 0.5) is 4.39 Å². The van der Waals surface area contributed by atoms with Crippen molar-refractivity contribution < 1.29 is 8.91 Å². The number of hydrogen-bond acceptors (Lipinski definition) is 6. The molecule has 0 saturated carbocycles. The van der Waals surface area contributed by atoms with Gasteiger partial charge in [0.05, 0.1) is 10.9 Å². The summed E-state index contributed by atoms with van der Waals surface area (Å²) in [6, 6.07) is 8.71. The van der Waals surface area contributed by atoms with E-state index in [0.29, 0.717) is 11.7 Å². The van der Waals surface area contributed by atoms with Crippen LogP contribution in [0.15, 0.2) is 34.9 Å². The van der Waals surface area contributed by atoms with Crippen LogP contribution < -0.4 is 5.32 Å². The normalized spacial score (nSPS) is 18.6. The molecule has 1 aliphatic heterocycles. The summed E-state index contributed by atoms with van der Waals surface area (Å²) in [5.74, 6) is 1.01. The highest BCUT2D eigenvalue weighted by molar-refractivity contribution is 7.19. The molecule has 1 atom stereocenters. The van der Waals surface area contributed by atoms with Crippen LogP contribution in [-0.4, -0.2) is 41.7 Å². The molecule has 7 heteroatoms. The fraction of sp³-hybridized carbons (Fsp3) is 0.333. The van der Waals surface area contributed by atoms with Crippen LogP contribution >= 0.6 is 11.3 Å². The highest BCUT2D eigenvalue weighted by Crippen LogP contribution is 2.37. The van der Waals surface area contributed by atoms with Crippen molar-refractivity contribution in [2.24, 2.45) is 0 Å². The predicted octanol–water partition coefficient (Wildman–Crippen LogP) is 3.49. The number of piperazine rings is 1. The highest BCUT2D eigenvalue weighted by atomic mass is 32.1.